The third-order valence-electron chi connectivity index (χ3n) is 4.34. The van der Waals surface area contributed by atoms with Crippen molar-refractivity contribution in [1.29, 1.82) is 0 Å². The zero-order chi connectivity index (χ0) is 20.9. The summed E-state index contributed by atoms with van der Waals surface area (Å²) in [5.41, 5.74) is -3.12. The number of carbonyl (C=O) groups is 1. The molecule has 0 amide bonds. The zero-order valence-corrected chi connectivity index (χ0v) is 13.6. The van der Waals surface area contributed by atoms with Crippen LogP contribution in [-0.4, -0.2) is 12.1 Å². The number of hydrogen-bond donors (Lipinski definition) is 0. The largest absolute Gasteiger partial charge is 0.442 e. The molecular formula is C16H11F9O2. The van der Waals surface area contributed by atoms with Gasteiger partial charge in [0.25, 0.3) is 0 Å². The molecule has 1 aliphatic rings. The van der Waals surface area contributed by atoms with E-state index in [4.69, 9.17) is 0 Å². The molecule has 0 aliphatic heterocycles. The van der Waals surface area contributed by atoms with E-state index in [-0.39, 0.29) is 18.2 Å². The molecule has 27 heavy (non-hydrogen) atoms. The minimum Gasteiger partial charge on any atom is -0.397 e. The van der Waals surface area contributed by atoms with Gasteiger partial charge in [-0.25, -0.2) is 17.6 Å². The summed E-state index contributed by atoms with van der Waals surface area (Å²) in [5.74, 6) is -13.5. The quantitative estimate of drug-likeness (QED) is 0.381. The highest BCUT2D eigenvalue weighted by atomic mass is 19.4. The predicted molar refractivity (Wildman–Crippen MR) is 72.3 cm³/mol. The monoisotopic (exact) mass is 406 g/mol. The van der Waals surface area contributed by atoms with Crippen LogP contribution < -0.4 is 0 Å². The van der Waals surface area contributed by atoms with Crippen LogP contribution in [-0.2, 0) is 15.6 Å². The van der Waals surface area contributed by atoms with Crippen molar-refractivity contribution in [1.82, 2.24) is 0 Å². The van der Waals surface area contributed by atoms with Gasteiger partial charge >= 0.3 is 18.3 Å². The van der Waals surface area contributed by atoms with Gasteiger partial charge in [-0.15, -0.1) is 0 Å². The van der Waals surface area contributed by atoms with E-state index >= 15 is 0 Å². The third kappa shape index (κ3) is 3.91. The highest BCUT2D eigenvalue weighted by molar-refractivity contribution is 5.78. The Morgan fingerprint density at radius 2 is 1.63 bits per heavy atom. The Bertz CT molecular complexity index is 796. The van der Waals surface area contributed by atoms with E-state index in [0.29, 0.717) is 0 Å². The Hall–Kier alpha value is -2.20. The fourth-order valence-electron chi connectivity index (χ4n) is 2.69. The van der Waals surface area contributed by atoms with E-state index in [2.05, 4.69) is 4.74 Å². The second-order valence-electron chi connectivity index (χ2n) is 6.50. The first-order valence-corrected chi connectivity index (χ1v) is 7.30. The zero-order valence-electron chi connectivity index (χ0n) is 13.6. The van der Waals surface area contributed by atoms with Crippen molar-refractivity contribution in [3.8, 4) is 0 Å². The van der Waals surface area contributed by atoms with Gasteiger partial charge in [0, 0.05) is 0 Å². The number of alkyl halides is 5. The van der Waals surface area contributed by atoms with Crippen molar-refractivity contribution >= 4 is 5.97 Å². The van der Waals surface area contributed by atoms with E-state index in [1.54, 1.807) is 0 Å². The van der Waals surface area contributed by atoms with Crippen molar-refractivity contribution in [2.24, 2.45) is 17.3 Å². The van der Waals surface area contributed by atoms with Crippen LogP contribution in [0.25, 0.3) is 0 Å². The maximum atomic E-state index is 14.0. The second kappa shape index (κ2) is 6.45. The molecule has 150 valence electrons. The molecule has 0 bridgehead atoms. The van der Waals surface area contributed by atoms with Crippen LogP contribution in [0.5, 0.6) is 0 Å². The van der Waals surface area contributed by atoms with Gasteiger partial charge in [-0.1, -0.05) is 13.8 Å². The maximum absolute atomic E-state index is 14.0. The van der Waals surface area contributed by atoms with Crippen LogP contribution in [0.2, 0.25) is 0 Å². The Balaban J connectivity index is 2.23. The summed E-state index contributed by atoms with van der Waals surface area (Å²) in [6.45, 7) is 2.42. The SMILES string of the molecule is CC1(C)C(C=C(F)C(F)(F)F)C1C(=O)OC(F)(F)c1ccc(F)c(F)c1F. The lowest BCUT2D eigenvalue weighted by atomic mass is 10.1. The summed E-state index contributed by atoms with van der Waals surface area (Å²) in [6.07, 6.45) is -9.97. The Morgan fingerprint density at radius 3 is 2.15 bits per heavy atom. The number of benzene rings is 1. The molecule has 0 aromatic heterocycles. The van der Waals surface area contributed by atoms with Crippen molar-refractivity contribution in [2.75, 3.05) is 0 Å². The van der Waals surface area contributed by atoms with Crippen LogP contribution >= 0.6 is 0 Å². The predicted octanol–water partition coefficient (Wildman–Crippen LogP) is 5.38. The molecule has 11 heteroatoms. The molecule has 1 saturated carbocycles. The number of allylic oxidation sites excluding steroid dienone is 2. The van der Waals surface area contributed by atoms with Gasteiger partial charge in [0.05, 0.1) is 5.92 Å². The lowest BCUT2D eigenvalue weighted by Crippen LogP contribution is -2.26. The fraction of sp³-hybridized carbons (Fsp3) is 0.438. The molecule has 1 aromatic rings. The van der Waals surface area contributed by atoms with E-state index in [9.17, 15) is 44.3 Å². The first-order valence-electron chi connectivity index (χ1n) is 7.30. The lowest BCUT2D eigenvalue weighted by Gasteiger charge is -2.18. The van der Waals surface area contributed by atoms with Gasteiger partial charge < -0.3 is 4.74 Å². The van der Waals surface area contributed by atoms with Crippen LogP contribution in [0.4, 0.5) is 39.5 Å². The van der Waals surface area contributed by atoms with Crippen LogP contribution in [0.3, 0.4) is 0 Å². The van der Waals surface area contributed by atoms with Crippen LogP contribution in [0.15, 0.2) is 24.0 Å². The van der Waals surface area contributed by atoms with Crippen molar-refractivity contribution < 1.29 is 49.0 Å². The molecule has 2 rings (SSSR count). The van der Waals surface area contributed by atoms with Crippen molar-refractivity contribution in [3.05, 3.63) is 47.1 Å². The molecule has 2 nitrogen and oxygen atoms in total. The number of rotatable bonds is 4. The van der Waals surface area contributed by atoms with Crippen LogP contribution in [0.1, 0.15) is 19.4 Å². The van der Waals surface area contributed by atoms with Gasteiger partial charge in [-0.05, 0) is 29.5 Å². The molecule has 0 radical (unpaired) electrons. The van der Waals surface area contributed by atoms with Gasteiger partial charge in [-0.3, -0.25) is 4.79 Å². The van der Waals surface area contributed by atoms with E-state index in [1.165, 1.54) is 13.8 Å². The normalized spacial score (nSPS) is 22.6. The fourth-order valence-corrected chi connectivity index (χ4v) is 2.69. The topological polar surface area (TPSA) is 26.3 Å². The number of esters is 1. The second-order valence-corrected chi connectivity index (χ2v) is 6.50. The smallest absolute Gasteiger partial charge is 0.397 e. The number of halogens is 9. The molecule has 1 aromatic carbocycles. The van der Waals surface area contributed by atoms with Crippen LogP contribution in [0, 0.1) is 34.7 Å². The van der Waals surface area contributed by atoms with E-state index in [0.717, 1.165) is 0 Å². The molecule has 2 unspecified atom stereocenters. The van der Waals surface area contributed by atoms with E-state index in [1.807, 2.05) is 0 Å². The minimum atomic E-state index is -5.31. The first kappa shape index (κ1) is 21.1. The highest BCUT2D eigenvalue weighted by Gasteiger charge is 2.63. The average molecular weight is 406 g/mol. The summed E-state index contributed by atoms with van der Waals surface area (Å²) < 4.78 is 121. The highest BCUT2D eigenvalue weighted by Crippen LogP contribution is 2.61. The first-order chi connectivity index (χ1) is 12.1. The lowest BCUT2D eigenvalue weighted by molar-refractivity contribution is -0.243. The van der Waals surface area contributed by atoms with Gasteiger partial charge in [0.2, 0.25) is 0 Å². The Labute approximate surface area is 146 Å². The maximum Gasteiger partial charge on any atom is 0.442 e. The number of carbonyl (C=O) groups excluding carboxylic acids is 1. The molecule has 1 aliphatic carbocycles. The molecule has 2 atom stereocenters. The molecule has 0 spiro atoms. The molecule has 0 saturated heterocycles. The van der Waals surface area contributed by atoms with E-state index < -0.39 is 64.3 Å². The minimum absolute atomic E-state index is 0.0716. The Kier molecular flexibility index (Phi) is 5.04. The Morgan fingerprint density at radius 1 is 1.07 bits per heavy atom. The standard InChI is InChI=1S/C16H11F9O2/c1-14(2)7(5-9(18)15(21,22)23)10(14)13(26)27-16(24,25)6-3-4-8(17)12(20)11(6)19/h3-5,7,10H,1-2H3. The van der Waals surface area contributed by atoms with Crippen molar-refractivity contribution in [2.45, 2.75) is 26.1 Å². The molecule has 0 N–H and O–H groups in total. The summed E-state index contributed by atoms with van der Waals surface area (Å²) in [6, 6.07) is 0.334. The van der Waals surface area contributed by atoms with Gasteiger partial charge in [0.1, 0.15) is 5.56 Å². The van der Waals surface area contributed by atoms with Gasteiger partial charge in [0.15, 0.2) is 23.3 Å². The summed E-state index contributed by atoms with van der Waals surface area (Å²) in [7, 11) is 0. The number of hydrogen-bond acceptors (Lipinski definition) is 2. The molecular weight excluding hydrogens is 395 g/mol. The number of ether oxygens (including phenoxy) is 1. The third-order valence-corrected chi connectivity index (χ3v) is 4.34. The molecule has 0 heterocycles. The molecule has 1 fully saturated rings. The summed E-state index contributed by atoms with van der Waals surface area (Å²) in [4.78, 5) is 11.9. The van der Waals surface area contributed by atoms with Gasteiger partial charge in [-0.2, -0.15) is 22.0 Å². The average Bonchev–Trinajstić information content (AvgIpc) is 3.04. The van der Waals surface area contributed by atoms with Crippen molar-refractivity contribution in [3.63, 3.8) is 0 Å². The summed E-state index contributed by atoms with van der Waals surface area (Å²) in [5, 5.41) is 0. The summed E-state index contributed by atoms with van der Waals surface area (Å²) >= 11 is 0.